The Morgan fingerprint density at radius 1 is 1.21 bits per heavy atom. The fourth-order valence-electron chi connectivity index (χ4n) is 1.42. The molecule has 0 bridgehead atoms. The Hall–Kier alpha value is -1.95. The fraction of sp³-hybridized carbons (Fsp3) is 0.182. The summed E-state index contributed by atoms with van der Waals surface area (Å²) in [6.07, 6.45) is 4.07. The smallest absolute Gasteiger partial charge is 0.187 e. The number of hydrogen-bond acceptors (Lipinski definition) is 2. The summed E-state index contributed by atoms with van der Waals surface area (Å²) in [5.41, 5.74) is 1.81. The second-order valence-corrected chi connectivity index (χ2v) is 3.29. The molecule has 1 aromatic carbocycles. The molecule has 1 heterocycles. The van der Waals surface area contributed by atoms with Gasteiger partial charge < -0.3 is 9.80 Å². The van der Waals surface area contributed by atoms with E-state index in [1.54, 1.807) is 0 Å². The van der Waals surface area contributed by atoms with Crippen molar-refractivity contribution in [2.24, 2.45) is 0 Å². The average Bonchev–Trinajstić information content (AvgIpc) is 2.65. The Balaban J connectivity index is 2.19. The van der Waals surface area contributed by atoms with Crippen molar-refractivity contribution in [2.45, 2.75) is 0 Å². The lowest BCUT2D eigenvalue weighted by Gasteiger charge is -2.18. The predicted octanol–water partition coefficient (Wildman–Crippen LogP) is 2.42. The second-order valence-electron chi connectivity index (χ2n) is 3.29. The standard InChI is InChI=1S/C11H11N3/c1-12-10-3-5-11(6-4-10)14-8-7-13(2)9-14/h3-8H,9H2,2H3. The predicted molar refractivity (Wildman–Crippen MR) is 57.0 cm³/mol. The van der Waals surface area contributed by atoms with Crippen molar-refractivity contribution in [2.75, 3.05) is 18.6 Å². The number of nitrogens with zero attached hydrogens (tertiary/aromatic N) is 3. The molecule has 0 amide bonds. The molecular weight excluding hydrogens is 174 g/mol. The Kier molecular flexibility index (Phi) is 2.11. The Bertz CT molecular complexity index is 386. The van der Waals surface area contributed by atoms with Gasteiger partial charge in [0.1, 0.15) is 0 Å². The van der Waals surface area contributed by atoms with Crippen LogP contribution in [0.25, 0.3) is 4.85 Å². The fourth-order valence-corrected chi connectivity index (χ4v) is 1.42. The maximum atomic E-state index is 6.84. The molecule has 0 radical (unpaired) electrons. The molecule has 3 heteroatoms. The van der Waals surface area contributed by atoms with E-state index in [9.17, 15) is 0 Å². The number of rotatable bonds is 1. The number of anilines is 1. The van der Waals surface area contributed by atoms with Gasteiger partial charge in [-0.2, -0.15) is 0 Å². The minimum atomic E-state index is 0.685. The Labute approximate surface area is 83.7 Å². The van der Waals surface area contributed by atoms with Gasteiger partial charge >= 0.3 is 0 Å². The highest BCUT2D eigenvalue weighted by Crippen LogP contribution is 2.21. The highest BCUT2D eigenvalue weighted by Gasteiger charge is 2.09. The summed E-state index contributed by atoms with van der Waals surface area (Å²) in [6, 6.07) is 7.62. The van der Waals surface area contributed by atoms with E-state index in [1.807, 2.05) is 43.7 Å². The molecule has 0 atom stereocenters. The van der Waals surface area contributed by atoms with Gasteiger partial charge in [-0.25, -0.2) is 4.85 Å². The summed E-state index contributed by atoms with van der Waals surface area (Å²) in [7, 11) is 2.03. The van der Waals surface area contributed by atoms with Crippen molar-refractivity contribution >= 4 is 11.4 Å². The van der Waals surface area contributed by atoms with E-state index >= 15 is 0 Å². The van der Waals surface area contributed by atoms with Crippen molar-refractivity contribution < 1.29 is 0 Å². The van der Waals surface area contributed by atoms with Gasteiger partial charge in [0, 0.05) is 25.1 Å². The zero-order valence-corrected chi connectivity index (χ0v) is 8.01. The minimum absolute atomic E-state index is 0.685. The van der Waals surface area contributed by atoms with Crippen LogP contribution in [0, 0.1) is 6.57 Å². The molecule has 1 aliphatic rings. The molecule has 1 aromatic rings. The first-order valence-corrected chi connectivity index (χ1v) is 4.42. The van der Waals surface area contributed by atoms with E-state index < -0.39 is 0 Å². The molecule has 1 aliphatic heterocycles. The summed E-state index contributed by atoms with van der Waals surface area (Å²) < 4.78 is 0. The van der Waals surface area contributed by atoms with Crippen molar-refractivity contribution in [3.63, 3.8) is 0 Å². The molecule has 0 aliphatic carbocycles. The first kappa shape index (κ1) is 8.64. The van der Waals surface area contributed by atoms with Crippen LogP contribution in [0.15, 0.2) is 36.7 Å². The Morgan fingerprint density at radius 3 is 2.43 bits per heavy atom. The highest BCUT2D eigenvalue weighted by molar-refractivity contribution is 5.57. The zero-order chi connectivity index (χ0) is 9.97. The van der Waals surface area contributed by atoms with Gasteiger partial charge in [-0.05, 0) is 12.1 Å². The van der Waals surface area contributed by atoms with Crippen LogP contribution in [0.2, 0.25) is 0 Å². The summed E-state index contributed by atoms with van der Waals surface area (Å²) >= 11 is 0. The van der Waals surface area contributed by atoms with E-state index in [4.69, 9.17) is 6.57 Å². The molecule has 0 aromatic heterocycles. The quantitative estimate of drug-likeness (QED) is 0.622. The third kappa shape index (κ3) is 1.55. The normalized spacial score (nSPS) is 14.6. The van der Waals surface area contributed by atoms with Crippen LogP contribution in [-0.4, -0.2) is 18.6 Å². The number of hydrogen-bond donors (Lipinski definition) is 0. The van der Waals surface area contributed by atoms with Crippen LogP contribution >= 0.6 is 0 Å². The SMILES string of the molecule is [C-]#[N+]c1ccc(N2C=CN(C)C2)cc1. The zero-order valence-electron chi connectivity index (χ0n) is 8.01. The third-order valence-electron chi connectivity index (χ3n) is 2.19. The molecule has 0 saturated carbocycles. The van der Waals surface area contributed by atoms with Crippen LogP contribution in [0.4, 0.5) is 11.4 Å². The molecule has 2 rings (SSSR count). The van der Waals surface area contributed by atoms with Gasteiger partial charge in [-0.15, -0.1) is 0 Å². The average molecular weight is 185 g/mol. The lowest BCUT2D eigenvalue weighted by molar-refractivity contribution is 0.496. The maximum Gasteiger partial charge on any atom is 0.187 e. The van der Waals surface area contributed by atoms with E-state index in [0.29, 0.717) is 5.69 Å². The maximum absolute atomic E-state index is 6.84. The van der Waals surface area contributed by atoms with Crippen LogP contribution in [0.5, 0.6) is 0 Å². The van der Waals surface area contributed by atoms with Crippen LogP contribution in [0.1, 0.15) is 0 Å². The molecule has 70 valence electrons. The van der Waals surface area contributed by atoms with Crippen molar-refractivity contribution in [1.29, 1.82) is 0 Å². The summed E-state index contributed by atoms with van der Waals surface area (Å²) in [6.45, 7) is 7.72. The molecule has 0 unspecified atom stereocenters. The minimum Gasteiger partial charge on any atom is -0.361 e. The van der Waals surface area contributed by atoms with E-state index in [-0.39, 0.29) is 0 Å². The first-order valence-electron chi connectivity index (χ1n) is 4.42. The molecular formula is C11H11N3. The molecule has 14 heavy (non-hydrogen) atoms. The molecule has 0 fully saturated rings. The van der Waals surface area contributed by atoms with Gasteiger partial charge in [0.15, 0.2) is 5.69 Å². The second kappa shape index (κ2) is 3.43. The van der Waals surface area contributed by atoms with E-state index in [1.165, 1.54) is 0 Å². The highest BCUT2D eigenvalue weighted by atomic mass is 15.3. The van der Waals surface area contributed by atoms with E-state index in [2.05, 4.69) is 14.6 Å². The molecule has 0 saturated heterocycles. The summed E-state index contributed by atoms with van der Waals surface area (Å²) in [5, 5.41) is 0. The van der Waals surface area contributed by atoms with Crippen LogP contribution in [-0.2, 0) is 0 Å². The summed E-state index contributed by atoms with van der Waals surface area (Å²) in [4.78, 5) is 7.59. The lowest BCUT2D eigenvalue weighted by atomic mass is 10.3. The first-order chi connectivity index (χ1) is 6.79. The largest absolute Gasteiger partial charge is 0.361 e. The number of benzene rings is 1. The van der Waals surface area contributed by atoms with Gasteiger partial charge in [-0.3, -0.25) is 0 Å². The van der Waals surface area contributed by atoms with Crippen molar-refractivity contribution in [3.8, 4) is 0 Å². The Morgan fingerprint density at radius 2 is 1.93 bits per heavy atom. The monoisotopic (exact) mass is 185 g/mol. The summed E-state index contributed by atoms with van der Waals surface area (Å²) in [5.74, 6) is 0. The van der Waals surface area contributed by atoms with Crippen LogP contribution in [0.3, 0.4) is 0 Å². The molecule has 0 N–H and O–H groups in total. The molecule has 0 spiro atoms. The van der Waals surface area contributed by atoms with Crippen molar-refractivity contribution in [3.05, 3.63) is 48.1 Å². The van der Waals surface area contributed by atoms with Gasteiger partial charge in [0.25, 0.3) is 0 Å². The van der Waals surface area contributed by atoms with Gasteiger partial charge in [0.05, 0.1) is 13.2 Å². The van der Waals surface area contributed by atoms with Gasteiger partial charge in [0.2, 0.25) is 0 Å². The van der Waals surface area contributed by atoms with Gasteiger partial charge in [-0.1, -0.05) is 12.1 Å². The topological polar surface area (TPSA) is 10.8 Å². The lowest BCUT2D eigenvalue weighted by Crippen LogP contribution is -2.21. The molecule has 3 nitrogen and oxygen atoms in total. The van der Waals surface area contributed by atoms with E-state index in [0.717, 1.165) is 12.4 Å². The third-order valence-corrected chi connectivity index (χ3v) is 2.19. The van der Waals surface area contributed by atoms with Crippen LogP contribution < -0.4 is 4.90 Å². The van der Waals surface area contributed by atoms with Crippen molar-refractivity contribution in [1.82, 2.24) is 4.90 Å².